The van der Waals surface area contributed by atoms with Crippen LogP contribution in [0.4, 0.5) is 17.3 Å². The molecule has 1 aromatic heterocycles. The normalized spacial score (nSPS) is 10.4. The number of methoxy groups -OCH3 is 1. The number of carbonyl (C=O) groups excluding carboxylic acids is 1. The van der Waals surface area contributed by atoms with Crippen molar-refractivity contribution in [2.75, 3.05) is 17.7 Å². The second kappa shape index (κ2) is 8.05. The highest BCUT2D eigenvalue weighted by Gasteiger charge is 2.13. The van der Waals surface area contributed by atoms with Gasteiger partial charge in [-0.1, -0.05) is 29.8 Å². The highest BCUT2D eigenvalue weighted by atomic mass is 35.5. The molecule has 2 N–H and O–H groups in total. The molecule has 1 heterocycles. The van der Waals surface area contributed by atoms with E-state index in [0.717, 1.165) is 11.1 Å². The molecule has 1 amide bonds. The van der Waals surface area contributed by atoms with Crippen molar-refractivity contribution in [3.05, 3.63) is 70.5 Å². The first-order valence-corrected chi connectivity index (χ1v) is 8.67. The lowest BCUT2D eigenvalue weighted by atomic mass is 10.1. The third kappa shape index (κ3) is 4.35. The molecule has 0 aliphatic rings. The first-order valence-electron chi connectivity index (χ1n) is 8.29. The van der Waals surface area contributed by atoms with E-state index in [0.29, 0.717) is 22.1 Å². The summed E-state index contributed by atoms with van der Waals surface area (Å²) in [5.41, 5.74) is 3.53. The van der Waals surface area contributed by atoms with Gasteiger partial charge in [0.15, 0.2) is 0 Å². The average molecular weight is 383 g/mol. The predicted octanol–water partition coefficient (Wildman–Crippen LogP) is 4.75. The van der Waals surface area contributed by atoms with Gasteiger partial charge in [0.25, 0.3) is 5.91 Å². The van der Waals surface area contributed by atoms with Gasteiger partial charge in [-0.3, -0.25) is 4.79 Å². The van der Waals surface area contributed by atoms with Gasteiger partial charge >= 0.3 is 0 Å². The van der Waals surface area contributed by atoms with Crippen molar-refractivity contribution in [1.29, 1.82) is 0 Å². The van der Waals surface area contributed by atoms with Gasteiger partial charge in [0.1, 0.15) is 11.4 Å². The molecule has 0 unspecified atom stereocenters. The summed E-state index contributed by atoms with van der Waals surface area (Å²) >= 11 is 6.32. The molecule has 0 radical (unpaired) electrons. The lowest BCUT2D eigenvalue weighted by Gasteiger charge is -2.12. The minimum absolute atomic E-state index is 0.222. The monoisotopic (exact) mass is 382 g/mol. The standard InChI is InChI=1S/C20H19ClN4O2/c1-12-10-13(2)18(14(21)11-12)25-20-22-9-8-16(24-20)19(26)23-15-6-4-5-7-17(15)27-3/h4-11H,1-3H3,(H,23,26)(H,22,24,25). The van der Waals surface area contributed by atoms with Crippen molar-refractivity contribution in [1.82, 2.24) is 9.97 Å². The number of carbonyl (C=O) groups is 1. The number of hydrogen-bond acceptors (Lipinski definition) is 5. The fourth-order valence-electron chi connectivity index (χ4n) is 2.67. The Balaban J connectivity index is 1.82. The van der Waals surface area contributed by atoms with Gasteiger partial charge < -0.3 is 15.4 Å². The number of nitrogens with one attached hydrogen (secondary N) is 2. The molecule has 0 aliphatic carbocycles. The number of aryl methyl sites for hydroxylation is 2. The van der Waals surface area contributed by atoms with Crippen LogP contribution in [-0.4, -0.2) is 23.0 Å². The Kier molecular flexibility index (Phi) is 5.57. The van der Waals surface area contributed by atoms with Crippen LogP contribution in [0.2, 0.25) is 5.02 Å². The van der Waals surface area contributed by atoms with Crippen molar-refractivity contribution >= 4 is 34.8 Å². The smallest absolute Gasteiger partial charge is 0.274 e. The first-order chi connectivity index (χ1) is 13.0. The number of benzene rings is 2. The topological polar surface area (TPSA) is 76.1 Å². The number of hydrogen-bond donors (Lipinski definition) is 2. The summed E-state index contributed by atoms with van der Waals surface area (Å²) in [5, 5.41) is 6.45. The van der Waals surface area contributed by atoms with Crippen LogP contribution in [-0.2, 0) is 0 Å². The van der Waals surface area contributed by atoms with Gasteiger partial charge in [0, 0.05) is 6.20 Å². The van der Waals surface area contributed by atoms with E-state index in [1.165, 1.54) is 6.20 Å². The maximum Gasteiger partial charge on any atom is 0.274 e. The molecule has 0 aliphatic heterocycles. The Hall–Kier alpha value is -3.12. The Bertz CT molecular complexity index is 968. The largest absolute Gasteiger partial charge is 0.495 e. The van der Waals surface area contributed by atoms with E-state index < -0.39 is 0 Å². The highest BCUT2D eigenvalue weighted by molar-refractivity contribution is 6.33. The molecule has 3 rings (SSSR count). The Labute approximate surface area is 162 Å². The molecule has 7 heteroatoms. The molecule has 0 atom stereocenters. The lowest BCUT2D eigenvalue weighted by molar-refractivity contribution is 0.102. The van der Waals surface area contributed by atoms with Crippen LogP contribution in [0.25, 0.3) is 0 Å². The van der Waals surface area contributed by atoms with E-state index in [1.807, 2.05) is 38.1 Å². The Morgan fingerprint density at radius 2 is 1.93 bits per heavy atom. The van der Waals surface area contributed by atoms with Crippen molar-refractivity contribution < 1.29 is 9.53 Å². The van der Waals surface area contributed by atoms with E-state index in [2.05, 4.69) is 20.6 Å². The van der Waals surface area contributed by atoms with Crippen LogP contribution in [0.15, 0.2) is 48.7 Å². The third-order valence-electron chi connectivity index (χ3n) is 3.91. The van der Waals surface area contributed by atoms with Gasteiger partial charge in [-0.25, -0.2) is 9.97 Å². The van der Waals surface area contributed by atoms with E-state index in [9.17, 15) is 4.79 Å². The van der Waals surface area contributed by atoms with Gasteiger partial charge in [-0.2, -0.15) is 0 Å². The zero-order valence-electron chi connectivity index (χ0n) is 15.2. The lowest BCUT2D eigenvalue weighted by Crippen LogP contribution is -2.15. The van der Waals surface area contributed by atoms with E-state index in [-0.39, 0.29) is 17.5 Å². The Morgan fingerprint density at radius 1 is 1.15 bits per heavy atom. The van der Waals surface area contributed by atoms with Crippen LogP contribution in [0.3, 0.4) is 0 Å². The number of anilines is 3. The minimum atomic E-state index is -0.364. The number of amides is 1. The van der Waals surface area contributed by atoms with Gasteiger partial charge in [-0.15, -0.1) is 0 Å². The summed E-state index contributed by atoms with van der Waals surface area (Å²) in [6, 6.07) is 12.6. The Morgan fingerprint density at radius 3 is 2.67 bits per heavy atom. The minimum Gasteiger partial charge on any atom is -0.495 e. The molecule has 3 aromatic rings. The highest BCUT2D eigenvalue weighted by Crippen LogP contribution is 2.29. The SMILES string of the molecule is COc1ccccc1NC(=O)c1ccnc(Nc2c(C)cc(C)cc2Cl)n1. The number of ether oxygens (including phenoxy) is 1. The quantitative estimate of drug-likeness (QED) is 0.665. The molecular weight excluding hydrogens is 364 g/mol. The molecule has 0 saturated carbocycles. The van der Waals surface area contributed by atoms with Crippen LogP contribution in [0.5, 0.6) is 5.75 Å². The summed E-state index contributed by atoms with van der Waals surface area (Å²) in [6.07, 6.45) is 1.52. The summed E-state index contributed by atoms with van der Waals surface area (Å²) in [7, 11) is 1.55. The summed E-state index contributed by atoms with van der Waals surface area (Å²) < 4.78 is 5.25. The number of halogens is 1. The second-order valence-corrected chi connectivity index (χ2v) is 6.39. The molecule has 138 valence electrons. The summed E-state index contributed by atoms with van der Waals surface area (Å²) in [5.74, 6) is 0.494. The molecular formula is C20H19ClN4O2. The zero-order valence-corrected chi connectivity index (χ0v) is 16.0. The number of para-hydroxylation sites is 2. The summed E-state index contributed by atoms with van der Waals surface area (Å²) in [4.78, 5) is 21.0. The van der Waals surface area contributed by atoms with Gasteiger partial charge in [0.2, 0.25) is 5.95 Å². The first kappa shape index (κ1) is 18.7. The molecule has 0 bridgehead atoms. The maximum absolute atomic E-state index is 12.6. The molecule has 27 heavy (non-hydrogen) atoms. The zero-order chi connectivity index (χ0) is 19.4. The molecule has 0 fully saturated rings. The van der Waals surface area contributed by atoms with Crippen LogP contribution in [0.1, 0.15) is 21.6 Å². The van der Waals surface area contributed by atoms with Gasteiger partial charge in [0.05, 0.1) is 23.5 Å². The maximum atomic E-state index is 12.6. The molecule has 6 nitrogen and oxygen atoms in total. The van der Waals surface area contributed by atoms with Crippen LogP contribution >= 0.6 is 11.6 Å². The van der Waals surface area contributed by atoms with Crippen molar-refractivity contribution in [2.45, 2.75) is 13.8 Å². The predicted molar refractivity (Wildman–Crippen MR) is 107 cm³/mol. The number of rotatable bonds is 5. The fraction of sp³-hybridized carbons (Fsp3) is 0.150. The van der Waals surface area contributed by atoms with Gasteiger partial charge in [-0.05, 0) is 49.2 Å². The van der Waals surface area contributed by atoms with Crippen molar-refractivity contribution in [3.63, 3.8) is 0 Å². The third-order valence-corrected chi connectivity index (χ3v) is 4.21. The second-order valence-electron chi connectivity index (χ2n) is 5.98. The molecule has 0 spiro atoms. The molecule has 2 aromatic carbocycles. The van der Waals surface area contributed by atoms with E-state index in [4.69, 9.17) is 16.3 Å². The fourth-order valence-corrected chi connectivity index (χ4v) is 3.03. The van der Waals surface area contributed by atoms with Crippen LogP contribution < -0.4 is 15.4 Å². The van der Waals surface area contributed by atoms with E-state index in [1.54, 1.807) is 25.3 Å². The van der Waals surface area contributed by atoms with Crippen molar-refractivity contribution in [3.8, 4) is 5.75 Å². The molecule has 0 saturated heterocycles. The summed E-state index contributed by atoms with van der Waals surface area (Å²) in [6.45, 7) is 3.92. The average Bonchev–Trinajstić information content (AvgIpc) is 2.65. The number of nitrogens with zero attached hydrogens (tertiary/aromatic N) is 2. The number of aromatic nitrogens is 2. The van der Waals surface area contributed by atoms with Crippen molar-refractivity contribution in [2.24, 2.45) is 0 Å². The van der Waals surface area contributed by atoms with Crippen LogP contribution in [0, 0.1) is 13.8 Å². The van der Waals surface area contributed by atoms with E-state index >= 15 is 0 Å².